The van der Waals surface area contributed by atoms with Crippen LogP contribution in [0.3, 0.4) is 0 Å². The number of rotatable bonds is 4. The second-order valence-corrected chi connectivity index (χ2v) is 6.31. The first-order valence-corrected chi connectivity index (χ1v) is 8.72. The molecule has 4 heterocycles. The van der Waals surface area contributed by atoms with Crippen molar-refractivity contribution in [3.63, 3.8) is 0 Å². The lowest BCUT2D eigenvalue weighted by Gasteiger charge is -2.08. The maximum absolute atomic E-state index is 12.8. The second-order valence-electron chi connectivity index (χ2n) is 6.31. The molecule has 0 saturated heterocycles. The average molecular weight is 399 g/mol. The molecule has 29 heavy (non-hydrogen) atoms. The van der Waals surface area contributed by atoms with Crippen molar-refractivity contribution in [3.05, 3.63) is 84.2 Å². The minimum absolute atomic E-state index is 0.120. The molecule has 0 aromatic carbocycles. The summed E-state index contributed by atoms with van der Waals surface area (Å²) in [5.74, 6) is 0.249. The zero-order valence-corrected chi connectivity index (χ0v) is 15.0. The molecule has 0 radical (unpaired) electrons. The molecule has 0 atom stereocenters. The minimum Gasteiger partial charge on any atom is -0.343 e. The van der Waals surface area contributed by atoms with Crippen molar-refractivity contribution in [1.82, 2.24) is 15.3 Å². The fourth-order valence-electron chi connectivity index (χ4n) is 3.02. The van der Waals surface area contributed by atoms with Crippen molar-refractivity contribution >= 4 is 11.4 Å². The number of aromatic nitrogens is 4. The summed E-state index contributed by atoms with van der Waals surface area (Å²) in [6, 6.07) is 11.0. The van der Waals surface area contributed by atoms with Crippen LogP contribution in [0.1, 0.15) is 21.7 Å². The monoisotopic (exact) mass is 399 g/mol. The zero-order valence-electron chi connectivity index (χ0n) is 15.0. The van der Waals surface area contributed by atoms with E-state index in [1.54, 1.807) is 24.5 Å². The minimum atomic E-state index is -4.46. The molecule has 0 aliphatic heterocycles. The first-order chi connectivity index (χ1) is 13.9. The Morgan fingerprint density at radius 2 is 2.07 bits per heavy atom. The van der Waals surface area contributed by atoms with Crippen LogP contribution in [0.2, 0.25) is 0 Å². The Morgan fingerprint density at radius 1 is 1.21 bits per heavy atom. The van der Waals surface area contributed by atoms with Crippen LogP contribution >= 0.6 is 0 Å². The van der Waals surface area contributed by atoms with E-state index in [2.05, 4.69) is 20.3 Å². The average Bonchev–Trinajstić information content (AvgIpc) is 3.12. The Labute approximate surface area is 163 Å². The van der Waals surface area contributed by atoms with Crippen molar-refractivity contribution in [3.8, 4) is 11.4 Å². The molecular formula is C20H16F3N5O+2. The molecule has 4 aromatic heterocycles. The fourth-order valence-corrected chi connectivity index (χ4v) is 3.02. The van der Waals surface area contributed by atoms with E-state index in [1.807, 2.05) is 28.8 Å². The summed E-state index contributed by atoms with van der Waals surface area (Å²) in [5, 5.41) is 2.63. The van der Waals surface area contributed by atoms with Crippen LogP contribution in [0.15, 0.2) is 67.3 Å². The van der Waals surface area contributed by atoms with Gasteiger partial charge in [0.25, 0.3) is 11.7 Å². The van der Waals surface area contributed by atoms with E-state index in [1.165, 1.54) is 0 Å². The molecule has 4 rings (SSSR count). The highest BCUT2D eigenvalue weighted by Gasteiger charge is 2.31. The van der Waals surface area contributed by atoms with Gasteiger partial charge in [0, 0.05) is 12.3 Å². The van der Waals surface area contributed by atoms with E-state index in [-0.39, 0.29) is 12.2 Å². The molecule has 0 unspecified atom stereocenters. The smallest absolute Gasteiger partial charge is 0.343 e. The van der Waals surface area contributed by atoms with Gasteiger partial charge in [0.15, 0.2) is 17.9 Å². The summed E-state index contributed by atoms with van der Waals surface area (Å²) in [4.78, 5) is 22.7. The summed E-state index contributed by atoms with van der Waals surface area (Å²) in [5.41, 5.74) is 1.10. The Bertz CT molecular complexity index is 1170. The molecule has 0 aliphatic carbocycles. The van der Waals surface area contributed by atoms with Gasteiger partial charge in [-0.2, -0.15) is 17.6 Å². The lowest BCUT2D eigenvalue weighted by molar-refractivity contribution is -0.499. The summed E-state index contributed by atoms with van der Waals surface area (Å²) in [7, 11) is 0. The number of fused-ring (bicyclic) bond motifs is 1. The zero-order chi connectivity index (χ0) is 20.4. The van der Waals surface area contributed by atoms with E-state index in [0.717, 1.165) is 23.9 Å². The number of hydrogen-bond acceptors (Lipinski definition) is 2. The number of H-pyrrole nitrogens is 2. The van der Waals surface area contributed by atoms with Gasteiger partial charge in [-0.1, -0.05) is 6.07 Å². The molecule has 9 heteroatoms. The summed E-state index contributed by atoms with van der Waals surface area (Å²) in [6.07, 6.45) is 2.00. The first-order valence-electron chi connectivity index (χ1n) is 8.72. The number of hydrogen-bond donors (Lipinski definition) is 2. The molecule has 146 valence electrons. The quantitative estimate of drug-likeness (QED) is 0.518. The predicted molar refractivity (Wildman–Crippen MR) is 96.4 cm³/mol. The Hall–Kier alpha value is -3.75. The van der Waals surface area contributed by atoms with Crippen LogP contribution in [0.25, 0.3) is 16.9 Å². The number of alkyl halides is 3. The number of carbonyl (C=O) groups is 1. The molecule has 0 aliphatic rings. The van der Waals surface area contributed by atoms with Gasteiger partial charge in [-0.25, -0.2) is 9.97 Å². The van der Waals surface area contributed by atoms with Gasteiger partial charge in [-0.3, -0.25) is 9.78 Å². The molecular weight excluding hydrogens is 383 g/mol. The Kier molecular flexibility index (Phi) is 4.71. The van der Waals surface area contributed by atoms with Gasteiger partial charge in [-0.05, 0) is 30.3 Å². The summed E-state index contributed by atoms with van der Waals surface area (Å²) in [6.45, 7) is -0.130. The van der Waals surface area contributed by atoms with Gasteiger partial charge >= 0.3 is 6.18 Å². The lowest BCUT2D eigenvalue weighted by atomic mass is 10.2. The maximum atomic E-state index is 12.8. The number of aromatic amines is 2. The van der Waals surface area contributed by atoms with Crippen molar-refractivity contribution in [2.24, 2.45) is 0 Å². The normalized spacial score (nSPS) is 11.6. The van der Waals surface area contributed by atoms with Crippen LogP contribution in [0.5, 0.6) is 0 Å². The van der Waals surface area contributed by atoms with Crippen LogP contribution in [0, 0.1) is 0 Å². The first kappa shape index (κ1) is 18.6. The Morgan fingerprint density at radius 3 is 2.83 bits per heavy atom. The van der Waals surface area contributed by atoms with Gasteiger partial charge < -0.3 is 5.32 Å². The van der Waals surface area contributed by atoms with E-state index in [0.29, 0.717) is 17.0 Å². The Balaban J connectivity index is 1.62. The number of imidazole rings is 1. The van der Waals surface area contributed by atoms with E-state index >= 15 is 0 Å². The highest BCUT2D eigenvalue weighted by Crippen LogP contribution is 2.29. The summed E-state index contributed by atoms with van der Waals surface area (Å²) < 4.78 is 40.4. The molecule has 0 saturated carbocycles. The van der Waals surface area contributed by atoms with Gasteiger partial charge in [0.1, 0.15) is 5.56 Å². The SMILES string of the molecule is O=C(NCc1cc(C(F)(F)F)ccn1)c1[nH]c(-c2ccc[nH+]c2)[n+]2ccccc12. The fraction of sp³-hybridized carbons (Fsp3) is 0.100. The second kappa shape index (κ2) is 7.34. The van der Waals surface area contributed by atoms with Crippen LogP contribution < -0.4 is 14.7 Å². The van der Waals surface area contributed by atoms with Crippen LogP contribution in [-0.2, 0) is 12.7 Å². The number of halogens is 3. The van der Waals surface area contributed by atoms with Crippen molar-refractivity contribution in [2.45, 2.75) is 12.7 Å². The maximum Gasteiger partial charge on any atom is 0.416 e. The van der Waals surface area contributed by atoms with Crippen LogP contribution in [-0.4, -0.2) is 15.9 Å². The highest BCUT2D eigenvalue weighted by molar-refractivity contribution is 5.98. The predicted octanol–water partition coefficient (Wildman–Crippen LogP) is 2.58. The standard InChI is InChI=1S/C20H14F3N5O/c21-20(22,23)14-6-8-25-15(10-14)12-26-19(29)17-16-5-1-2-9-28(16)18(27-17)13-4-3-7-24-11-13/h1-11H,12H2,(H,26,29)/p+2. The van der Waals surface area contributed by atoms with Gasteiger partial charge in [0.2, 0.25) is 5.69 Å². The topological polar surface area (TPSA) is 76.0 Å². The van der Waals surface area contributed by atoms with Gasteiger partial charge in [0.05, 0.1) is 24.0 Å². The molecule has 0 spiro atoms. The number of amides is 1. The number of carbonyl (C=O) groups excluding carboxylic acids is 1. The number of nitrogens with one attached hydrogen (secondary N) is 3. The van der Waals surface area contributed by atoms with Crippen molar-refractivity contribution in [2.75, 3.05) is 0 Å². The number of nitrogens with zero attached hydrogens (tertiary/aromatic N) is 2. The number of pyridine rings is 3. The lowest BCUT2D eigenvalue weighted by Crippen LogP contribution is -2.26. The molecule has 4 aromatic rings. The molecule has 3 N–H and O–H groups in total. The van der Waals surface area contributed by atoms with E-state index in [4.69, 9.17) is 0 Å². The van der Waals surface area contributed by atoms with Crippen LogP contribution in [0.4, 0.5) is 13.2 Å². The van der Waals surface area contributed by atoms with E-state index in [9.17, 15) is 18.0 Å². The summed E-state index contributed by atoms with van der Waals surface area (Å²) >= 11 is 0. The third-order valence-electron chi connectivity index (χ3n) is 4.38. The largest absolute Gasteiger partial charge is 0.416 e. The molecule has 1 amide bonds. The third-order valence-corrected chi connectivity index (χ3v) is 4.38. The molecule has 0 bridgehead atoms. The van der Waals surface area contributed by atoms with Crippen molar-refractivity contribution < 1.29 is 27.4 Å². The molecule has 6 nitrogen and oxygen atoms in total. The van der Waals surface area contributed by atoms with Gasteiger partial charge in [-0.15, -0.1) is 0 Å². The third kappa shape index (κ3) is 3.79. The highest BCUT2D eigenvalue weighted by atomic mass is 19.4. The van der Waals surface area contributed by atoms with Crippen molar-refractivity contribution in [1.29, 1.82) is 0 Å². The van der Waals surface area contributed by atoms with E-state index < -0.39 is 17.6 Å². The molecule has 0 fully saturated rings.